The highest BCUT2D eigenvalue weighted by atomic mass is 35.5. The monoisotopic (exact) mass is 581 g/mol. The van der Waals surface area contributed by atoms with E-state index in [1.807, 2.05) is 0 Å². The minimum absolute atomic E-state index is 0.0189. The van der Waals surface area contributed by atoms with Gasteiger partial charge in [0, 0.05) is 73.1 Å². The summed E-state index contributed by atoms with van der Waals surface area (Å²) in [5.41, 5.74) is 1.66. The maximum Gasteiger partial charge on any atom is 0.257 e. The van der Waals surface area contributed by atoms with Gasteiger partial charge in [-0.1, -0.05) is 11.6 Å². The number of pyridine rings is 1. The summed E-state index contributed by atoms with van der Waals surface area (Å²) in [5, 5.41) is 15.1. The first-order valence-corrected chi connectivity index (χ1v) is 14.3. The number of halogens is 2. The summed E-state index contributed by atoms with van der Waals surface area (Å²) in [4.78, 5) is 22.1. The lowest BCUT2D eigenvalue weighted by Gasteiger charge is -2.45. The number of anilines is 3. The molecule has 2 aromatic heterocycles. The molecule has 10 nitrogen and oxygen atoms in total. The van der Waals surface area contributed by atoms with E-state index in [1.54, 1.807) is 24.4 Å². The quantitative estimate of drug-likeness (QED) is 0.405. The molecule has 2 N–H and O–H groups in total. The van der Waals surface area contributed by atoms with Crippen molar-refractivity contribution in [3.05, 3.63) is 53.4 Å². The fourth-order valence-corrected chi connectivity index (χ4v) is 5.57. The predicted octanol–water partition coefficient (Wildman–Crippen LogP) is 4.21. The van der Waals surface area contributed by atoms with Crippen molar-refractivity contribution in [2.75, 3.05) is 57.1 Å². The van der Waals surface area contributed by atoms with Gasteiger partial charge in [0.25, 0.3) is 5.88 Å². The van der Waals surface area contributed by atoms with Gasteiger partial charge in [-0.2, -0.15) is 0 Å². The molecule has 1 amide bonds. The Kier molecular flexibility index (Phi) is 8.29. The summed E-state index contributed by atoms with van der Waals surface area (Å²) < 4.78 is 26.1. The second-order valence-corrected chi connectivity index (χ2v) is 11.3. The molecule has 1 aromatic carbocycles. The van der Waals surface area contributed by atoms with Crippen LogP contribution in [0.4, 0.5) is 21.6 Å². The number of carbonyl (C=O) groups is 1. The zero-order valence-corrected chi connectivity index (χ0v) is 23.6. The highest BCUT2D eigenvalue weighted by Crippen LogP contribution is 2.35. The number of hydrogen-bond donors (Lipinski definition) is 2. The Bertz CT molecular complexity index is 1390. The van der Waals surface area contributed by atoms with Crippen molar-refractivity contribution in [2.24, 2.45) is 5.92 Å². The van der Waals surface area contributed by atoms with Crippen LogP contribution in [0.15, 0.2) is 42.6 Å². The molecule has 12 heteroatoms. The van der Waals surface area contributed by atoms with Gasteiger partial charge in [0.05, 0.1) is 18.9 Å². The van der Waals surface area contributed by atoms with E-state index in [0.29, 0.717) is 47.2 Å². The van der Waals surface area contributed by atoms with Crippen molar-refractivity contribution in [3.63, 3.8) is 0 Å². The number of nitrogens with one attached hydrogen (secondary N) is 2. The molecule has 3 aliphatic rings. The molecule has 216 valence electrons. The highest BCUT2D eigenvalue weighted by Gasteiger charge is 2.38. The molecular formula is C29H33ClFN7O3. The van der Waals surface area contributed by atoms with E-state index in [9.17, 15) is 9.18 Å². The molecule has 0 radical (unpaired) electrons. The van der Waals surface area contributed by atoms with E-state index in [1.165, 1.54) is 18.2 Å². The van der Waals surface area contributed by atoms with Crippen LogP contribution in [0.1, 0.15) is 19.3 Å². The van der Waals surface area contributed by atoms with Gasteiger partial charge in [0.15, 0.2) is 0 Å². The van der Waals surface area contributed by atoms with Crippen LogP contribution < -0.4 is 15.4 Å². The van der Waals surface area contributed by atoms with Gasteiger partial charge in [0.1, 0.15) is 23.4 Å². The number of carbonyl (C=O) groups excluding carboxylic acids is 1. The Hall–Kier alpha value is -3.38. The fourth-order valence-electron chi connectivity index (χ4n) is 5.39. The number of hydrogen-bond acceptors (Lipinski definition) is 9. The van der Waals surface area contributed by atoms with Gasteiger partial charge in [-0.05, 0) is 50.2 Å². The Balaban J connectivity index is 1.15. The molecule has 0 spiro atoms. The normalized spacial score (nSPS) is 23.1. The predicted molar refractivity (Wildman–Crippen MR) is 154 cm³/mol. The van der Waals surface area contributed by atoms with Gasteiger partial charge < -0.3 is 25.0 Å². The summed E-state index contributed by atoms with van der Waals surface area (Å²) in [7, 11) is 2.14. The molecule has 1 unspecified atom stereocenters. The summed E-state index contributed by atoms with van der Waals surface area (Å²) >= 11 is 6.11. The number of ether oxygens (including phenoxy) is 2. The summed E-state index contributed by atoms with van der Waals surface area (Å²) in [6.45, 7) is 5.31. The fraction of sp³-hybridized carbons (Fsp3) is 0.448. The Morgan fingerprint density at radius 1 is 1.12 bits per heavy atom. The maximum atomic E-state index is 14.6. The lowest BCUT2D eigenvalue weighted by atomic mass is 9.78. The zero-order valence-electron chi connectivity index (χ0n) is 22.9. The Morgan fingerprint density at radius 2 is 1.95 bits per heavy atom. The molecule has 4 heterocycles. The van der Waals surface area contributed by atoms with Gasteiger partial charge in [-0.15, -0.1) is 10.2 Å². The van der Waals surface area contributed by atoms with Crippen LogP contribution in [0.3, 0.4) is 0 Å². The smallest absolute Gasteiger partial charge is 0.257 e. The van der Waals surface area contributed by atoms with E-state index in [2.05, 4.69) is 42.7 Å². The van der Waals surface area contributed by atoms with Crippen molar-refractivity contribution in [2.45, 2.75) is 31.4 Å². The molecule has 0 bridgehead atoms. The molecule has 2 aliphatic heterocycles. The van der Waals surface area contributed by atoms with E-state index in [4.69, 9.17) is 21.1 Å². The molecule has 3 fully saturated rings. The molecular weight excluding hydrogens is 549 g/mol. The van der Waals surface area contributed by atoms with Gasteiger partial charge >= 0.3 is 0 Å². The highest BCUT2D eigenvalue weighted by molar-refractivity contribution is 6.30. The molecule has 1 atom stereocenters. The average Bonchev–Trinajstić information content (AvgIpc) is 3.45. The first-order chi connectivity index (χ1) is 19.9. The van der Waals surface area contributed by atoms with Gasteiger partial charge in [-0.3, -0.25) is 9.69 Å². The van der Waals surface area contributed by atoms with E-state index in [0.717, 1.165) is 45.4 Å². The number of piperazine rings is 1. The lowest BCUT2D eigenvalue weighted by molar-refractivity contribution is -0.124. The number of rotatable bonds is 8. The average molecular weight is 582 g/mol. The van der Waals surface area contributed by atoms with Crippen LogP contribution >= 0.6 is 11.6 Å². The summed E-state index contributed by atoms with van der Waals surface area (Å²) in [6.07, 6.45) is 3.91. The summed E-state index contributed by atoms with van der Waals surface area (Å²) in [6, 6.07) is 9.93. The topological polar surface area (TPSA) is 105 Å². The second-order valence-electron chi connectivity index (χ2n) is 10.9. The molecule has 1 aliphatic carbocycles. The number of amides is 1. The van der Waals surface area contributed by atoms with Crippen LogP contribution in [-0.2, 0) is 9.53 Å². The minimum Gasteiger partial charge on any atom is -0.469 e. The first-order valence-electron chi connectivity index (χ1n) is 14.0. The molecule has 41 heavy (non-hydrogen) atoms. The molecule has 2 saturated heterocycles. The van der Waals surface area contributed by atoms with Crippen LogP contribution in [0.2, 0.25) is 5.02 Å². The van der Waals surface area contributed by atoms with Crippen molar-refractivity contribution in [3.8, 4) is 17.1 Å². The van der Waals surface area contributed by atoms with Gasteiger partial charge in [0.2, 0.25) is 5.91 Å². The molecule has 1 saturated carbocycles. The standard InChI is InChI=1S/C29H33ClFN7O3/c1-37-7-9-38(10-8-37)21-12-18(13-21)28(39)34-27-15-20(4-6-32-27)33-26-16-25(23-14-19(30)2-3-24(23)31)35-36-29(26)41-22-5-11-40-17-22/h2-4,6,14-16,18,21-22H,5,7-13,17H2,1H3,(H2,32,33,34,35,39). The van der Waals surface area contributed by atoms with Crippen molar-refractivity contribution >= 4 is 34.7 Å². The first kappa shape index (κ1) is 27.8. The van der Waals surface area contributed by atoms with Gasteiger partial charge in [-0.25, -0.2) is 9.37 Å². The van der Waals surface area contributed by atoms with Crippen molar-refractivity contribution < 1.29 is 18.7 Å². The minimum atomic E-state index is -0.465. The summed E-state index contributed by atoms with van der Waals surface area (Å²) in [5.74, 6) is 0.199. The third-order valence-corrected chi connectivity index (χ3v) is 8.19. The molecule has 3 aromatic rings. The second kappa shape index (κ2) is 12.2. The third-order valence-electron chi connectivity index (χ3n) is 7.96. The Labute approximate surface area is 243 Å². The Morgan fingerprint density at radius 3 is 2.73 bits per heavy atom. The van der Waals surface area contributed by atoms with Crippen LogP contribution in [0, 0.1) is 11.7 Å². The number of likely N-dealkylation sites (N-methyl/N-ethyl adjacent to an activating group) is 1. The van der Waals surface area contributed by atoms with Crippen molar-refractivity contribution in [1.82, 2.24) is 25.0 Å². The van der Waals surface area contributed by atoms with E-state index < -0.39 is 5.82 Å². The van der Waals surface area contributed by atoms with E-state index in [-0.39, 0.29) is 29.4 Å². The van der Waals surface area contributed by atoms with Crippen LogP contribution in [-0.4, -0.2) is 89.5 Å². The zero-order chi connectivity index (χ0) is 28.3. The van der Waals surface area contributed by atoms with Crippen molar-refractivity contribution in [1.29, 1.82) is 0 Å². The SMILES string of the molecule is CN1CCN(C2CC(C(=O)Nc3cc(Nc4cc(-c5cc(Cl)ccc5F)nnc4OC4CCOC4)ccn3)C2)CC1. The molecule has 6 rings (SSSR count). The van der Waals surface area contributed by atoms with Crippen LogP contribution in [0.5, 0.6) is 5.88 Å². The third kappa shape index (κ3) is 6.59. The number of benzene rings is 1. The number of aromatic nitrogens is 3. The van der Waals surface area contributed by atoms with E-state index >= 15 is 0 Å². The largest absolute Gasteiger partial charge is 0.469 e. The maximum absolute atomic E-state index is 14.6. The van der Waals surface area contributed by atoms with Crippen LogP contribution in [0.25, 0.3) is 11.3 Å². The number of nitrogens with zero attached hydrogens (tertiary/aromatic N) is 5. The lowest BCUT2D eigenvalue weighted by Crippen LogP contribution is -2.54.